The number of hydrogen-bond acceptors (Lipinski definition) is 2. The molecule has 2 aromatic rings. The molecule has 0 aromatic heterocycles. The van der Waals surface area contributed by atoms with Crippen LogP contribution in [0, 0.1) is 13.8 Å². The summed E-state index contributed by atoms with van der Waals surface area (Å²) in [6, 6.07) is 13.8. The van der Waals surface area contributed by atoms with Crippen molar-refractivity contribution in [1.29, 1.82) is 0 Å². The van der Waals surface area contributed by atoms with Gasteiger partial charge in [-0.3, -0.25) is 9.59 Å². The largest absolute Gasteiger partial charge is 0.326 e. The van der Waals surface area contributed by atoms with Crippen LogP contribution in [0.4, 0.5) is 11.4 Å². The van der Waals surface area contributed by atoms with Crippen molar-refractivity contribution in [3.63, 3.8) is 0 Å². The van der Waals surface area contributed by atoms with Gasteiger partial charge in [-0.2, -0.15) is 0 Å². The number of para-hydroxylation sites is 2. The van der Waals surface area contributed by atoms with E-state index in [1.807, 2.05) is 56.3 Å². The number of anilines is 2. The van der Waals surface area contributed by atoms with Gasteiger partial charge in [0, 0.05) is 31.3 Å². The maximum atomic E-state index is 12.4. The Kier molecular flexibility index (Phi) is 6.34. The molecule has 4 heteroatoms. The standard InChI is InChI=1S/C21H26N2O2/c1-5-18-11-6-7-12-19(18)23(17(4)24)14-13-20(25)22-21-15(2)9-8-10-16(21)3/h6-12H,5,13-14H2,1-4H3,(H,22,25). The van der Waals surface area contributed by atoms with E-state index < -0.39 is 0 Å². The minimum Gasteiger partial charge on any atom is -0.326 e. The van der Waals surface area contributed by atoms with Crippen molar-refractivity contribution < 1.29 is 9.59 Å². The van der Waals surface area contributed by atoms with Crippen molar-refractivity contribution in [3.05, 3.63) is 59.2 Å². The molecule has 0 aliphatic carbocycles. The summed E-state index contributed by atoms with van der Waals surface area (Å²) in [6.07, 6.45) is 1.10. The molecule has 0 bridgehead atoms. The quantitative estimate of drug-likeness (QED) is 0.856. The number of amides is 2. The van der Waals surface area contributed by atoms with Crippen molar-refractivity contribution in [2.45, 2.75) is 40.5 Å². The van der Waals surface area contributed by atoms with Crippen LogP contribution >= 0.6 is 0 Å². The van der Waals surface area contributed by atoms with Crippen molar-refractivity contribution in [2.24, 2.45) is 0 Å². The van der Waals surface area contributed by atoms with Crippen LogP contribution < -0.4 is 10.2 Å². The summed E-state index contributed by atoms with van der Waals surface area (Å²) in [4.78, 5) is 26.2. The molecule has 0 atom stereocenters. The van der Waals surface area contributed by atoms with Gasteiger partial charge in [0.2, 0.25) is 11.8 Å². The smallest absolute Gasteiger partial charge is 0.226 e. The third-order valence-corrected chi connectivity index (χ3v) is 4.35. The van der Waals surface area contributed by atoms with E-state index in [4.69, 9.17) is 0 Å². The third-order valence-electron chi connectivity index (χ3n) is 4.35. The Hall–Kier alpha value is -2.62. The summed E-state index contributed by atoms with van der Waals surface area (Å²) in [5.74, 6) is -0.140. The molecule has 2 aromatic carbocycles. The highest BCUT2D eigenvalue weighted by Crippen LogP contribution is 2.22. The van der Waals surface area contributed by atoms with E-state index in [1.165, 1.54) is 6.92 Å². The summed E-state index contributed by atoms with van der Waals surface area (Å²) < 4.78 is 0. The molecule has 0 radical (unpaired) electrons. The first kappa shape index (κ1) is 18.7. The molecule has 0 saturated carbocycles. The summed E-state index contributed by atoms with van der Waals surface area (Å²) in [5.41, 5.74) is 4.92. The molecule has 2 amide bonds. The molecule has 0 spiro atoms. The van der Waals surface area contributed by atoms with Gasteiger partial charge in [0.15, 0.2) is 0 Å². The van der Waals surface area contributed by atoms with Crippen LogP contribution in [0.25, 0.3) is 0 Å². The van der Waals surface area contributed by atoms with E-state index in [-0.39, 0.29) is 18.2 Å². The van der Waals surface area contributed by atoms with Gasteiger partial charge < -0.3 is 10.2 Å². The predicted octanol–water partition coefficient (Wildman–Crippen LogP) is 4.25. The lowest BCUT2D eigenvalue weighted by Gasteiger charge is -2.23. The highest BCUT2D eigenvalue weighted by Gasteiger charge is 2.16. The molecule has 0 aliphatic rings. The Morgan fingerprint density at radius 1 is 1.00 bits per heavy atom. The molecule has 2 rings (SSSR count). The second-order valence-electron chi connectivity index (χ2n) is 6.22. The van der Waals surface area contributed by atoms with Gasteiger partial charge in [0.25, 0.3) is 0 Å². The van der Waals surface area contributed by atoms with Crippen LogP contribution in [-0.2, 0) is 16.0 Å². The first-order valence-corrected chi connectivity index (χ1v) is 8.66. The van der Waals surface area contributed by atoms with Crippen LogP contribution in [0.2, 0.25) is 0 Å². The van der Waals surface area contributed by atoms with Gasteiger partial charge in [0.1, 0.15) is 0 Å². The molecule has 0 fully saturated rings. The second kappa shape index (κ2) is 8.47. The fourth-order valence-corrected chi connectivity index (χ4v) is 2.95. The van der Waals surface area contributed by atoms with Crippen molar-refractivity contribution in [3.8, 4) is 0 Å². The topological polar surface area (TPSA) is 49.4 Å². The van der Waals surface area contributed by atoms with Crippen LogP contribution in [0.1, 0.15) is 37.0 Å². The highest BCUT2D eigenvalue weighted by atomic mass is 16.2. The lowest BCUT2D eigenvalue weighted by Crippen LogP contribution is -2.32. The van der Waals surface area contributed by atoms with Crippen molar-refractivity contribution in [2.75, 3.05) is 16.8 Å². The van der Waals surface area contributed by atoms with E-state index in [1.54, 1.807) is 4.90 Å². The van der Waals surface area contributed by atoms with Gasteiger partial charge in [0.05, 0.1) is 0 Å². The van der Waals surface area contributed by atoms with Gasteiger partial charge in [-0.25, -0.2) is 0 Å². The summed E-state index contributed by atoms with van der Waals surface area (Å²) in [7, 11) is 0. The van der Waals surface area contributed by atoms with Crippen LogP contribution in [-0.4, -0.2) is 18.4 Å². The van der Waals surface area contributed by atoms with E-state index in [9.17, 15) is 9.59 Å². The molecule has 0 unspecified atom stereocenters. The third kappa shape index (κ3) is 4.69. The van der Waals surface area contributed by atoms with Gasteiger partial charge in [-0.15, -0.1) is 0 Å². The highest BCUT2D eigenvalue weighted by molar-refractivity contribution is 5.96. The zero-order valence-corrected chi connectivity index (χ0v) is 15.4. The minimum atomic E-state index is -0.0855. The molecular weight excluding hydrogens is 312 g/mol. The second-order valence-corrected chi connectivity index (χ2v) is 6.22. The number of nitrogens with zero attached hydrogens (tertiary/aromatic N) is 1. The molecule has 0 saturated heterocycles. The average Bonchev–Trinajstić information content (AvgIpc) is 2.58. The number of carbonyl (C=O) groups is 2. The van der Waals surface area contributed by atoms with Crippen molar-refractivity contribution >= 4 is 23.2 Å². The van der Waals surface area contributed by atoms with Crippen molar-refractivity contribution in [1.82, 2.24) is 0 Å². The van der Waals surface area contributed by atoms with E-state index in [0.717, 1.165) is 34.5 Å². The molecule has 1 N–H and O–H groups in total. The summed E-state index contributed by atoms with van der Waals surface area (Å²) >= 11 is 0. The number of benzene rings is 2. The van der Waals surface area contributed by atoms with E-state index in [0.29, 0.717) is 6.54 Å². The zero-order chi connectivity index (χ0) is 18.4. The Morgan fingerprint density at radius 2 is 1.64 bits per heavy atom. The zero-order valence-electron chi connectivity index (χ0n) is 15.4. The monoisotopic (exact) mass is 338 g/mol. The molecule has 0 aliphatic heterocycles. The maximum absolute atomic E-state index is 12.4. The number of aryl methyl sites for hydroxylation is 3. The minimum absolute atomic E-state index is 0.0548. The number of rotatable bonds is 6. The molecule has 0 heterocycles. The van der Waals surface area contributed by atoms with E-state index in [2.05, 4.69) is 12.2 Å². The number of hydrogen-bond donors (Lipinski definition) is 1. The molecular formula is C21H26N2O2. The fourth-order valence-electron chi connectivity index (χ4n) is 2.95. The lowest BCUT2D eigenvalue weighted by molar-refractivity contribution is -0.117. The lowest BCUT2D eigenvalue weighted by atomic mass is 10.1. The number of nitrogens with one attached hydrogen (secondary N) is 1. The Morgan fingerprint density at radius 3 is 2.24 bits per heavy atom. The van der Waals surface area contributed by atoms with Gasteiger partial charge >= 0.3 is 0 Å². The molecule has 4 nitrogen and oxygen atoms in total. The Balaban J connectivity index is 2.09. The maximum Gasteiger partial charge on any atom is 0.226 e. The predicted molar refractivity (Wildman–Crippen MR) is 103 cm³/mol. The average molecular weight is 338 g/mol. The summed E-state index contributed by atoms with van der Waals surface area (Å²) in [6.45, 7) is 7.91. The first-order chi connectivity index (χ1) is 11.9. The fraction of sp³-hybridized carbons (Fsp3) is 0.333. The summed E-state index contributed by atoms with van der Waals surface area (Å²) in [5, 5.41) is 2.98. The van der Waals surface area contributed by atoms with E-state index >= 15 is 0 Å². The van der Waals surface area contributed by atoms with Crippen LogP contribution in [0.3, 0.4) is 0 Å². The van der Waals surface area contributed by atoms with Crippen LogP contribution in [0.5, 0.6) is 0 Å². The first-order valence-electron chi connectivity index (χ1n) is 8.66. The van der Waals surface area contributed by atoms with Gasteiger partial charge in [-0.1, -0.05) is 43.3 Å². The number of carbonyl (C=O) groups excluding carboxylic acids is 2. The van der Waals surface area contributed by atoms with Crippen LogP contribution in [0.15, 0.2) is 42.5 Å². The SMILES string of the molecule is CCc1ccccc1N(CCC(=O)Nc1c(C)cccc1C)C(C)=O. The molecule has 25 heavy (non-hydrogen) atoms. The molecule has 132 valence electrons. The Labute approximate surface area is 149 Å². The van der Waals surface area contributed by atoms with Gasteiger partial charge in [-0.05, 0) is 43.0 Å². The normalized spacial score (nSPS) is 10.4. The Bertz CT molecular complexity index is 748.